The second-order valence-electron chi connectivity index (χ2n) is 7.80. The van der Waals surface area contributed by atoms with Crippen molar-refractivity contribution in [2.24, 2.45) is 5.92 Å². The fraction of sp³-hybridized carbons (Fsp3) is 0.391. The van der Waals surface area contributed by atoms with Gasteiger partial charge >= 0.3 is 0 Å². The van der Waals surface area contributed by atoms with Gasteiger partial charge in [0.25, 0.3) is 0 Å². The first kappa shape index (κ1) is 18.8. The molecule has 0 aliphatic carbocycles. The Hall–Kier alpha value is -2.53. The fourth-order valence-electron chi connectivity index (χ4n) is 4.10. The van der Waals surface area contributed by atoms with Crippen molar-refractivity contribution in [3.05, 3.63) is 83.5 Å². The Morgan fingerprint density at radius 2 is 1.93 bits per heavy atom. The molecule has 3 aromatic rings. The van der Waals surface area contributed by atoms with Crippen molar-refractivity contribution in [1.82, 2.24) is 19.4 Å². The minimum atomic E-state index is -0.193. The maximum Gasteiger partial charge on any atom is 0.123 e. The molecule has 0 N–H and O–H groups in total. The third-order valence-electron chi connectivity index (χ3n) is 5.58. The third kappa shape index (κ3) is 4.65. The van der Waals surface area contributed by atoms with Crippen molar-refractivity contribution in [3.63, 3.8) is 0 Å². The van der Waals surface area contributed by atoms with Gasteiger partial charge in [-0.2, -0.15) is 0 Å². The molecule has 1 aliphatic heterocycles. The molecule has 0 spiro atoms. The van der Waals surface area contributed by atoms with E-state index in [0.29, 0.717) is 5.92 Å². The molecule has 1 saturated heterocycles. The standard InChI is InChI=1S/C23H27FN4/c1-18-14-26-23(28(18)16-19-7-9-21(24)10-8-19)13-20-5-4-12-27(15-20)17-22-6-2-3-11-25-22/h2-3,6-11,14,20H,4-5,12-13,15-17H2,1H3. The quantitative estimate of drug-likeness (QED) is 0.644. The van der Waals surface area contributed by atoms with Crippen LogP contribution >= 0.6 is 0 Å². The molecule has 0 saturated carbocycles. The van der Waals surface area contributed by atoms with Crippen molar-refractivity contribution in [2.75, 3.05) is 13.1 Å². The molecular weight excluding hydrogens is 351 g/mol. The van der Waals surface area contributed by atoms with E-state index in [1.165, 1.54) is 25.0 Å². The molecule has 1 fully saturated rings. The smallest absolute Gasteiger partial charge is 0.123 e. The number of hydrogen-bond acceptors (Lipinski definition) is 3. The lowest BCUT2D eigenvalue weighted by Crippen LogP contribution is -2.36. The van der Waals surface area contributed by atoms with Gasteiger partial charge in [-0.3, -0.25) is 9.88 Å². The number of benzene rings is 1. The molecule has 0 bridgehead atoms. The summed E-state index contributed by atoms with van der Waals surface area (Å²) in [7, 11) is 0. The van der Waals surface area contributed by atoms with Crippen LogP contribution in [-0.2, 0) is 19.5 Å². The molecule has 1 unspecified atom stereocenters. The minimum Gasteiger partial charge on any atom is -0.328 e. The molecule has 4 nitrogen and oxygen atoms in total. The summed E-state index contributed by atoms with van der Waals surface area (Å²) in [5.74, 6) is 1.54. The Kier molecular flexibility index (Phi) is 5.81. The van der Waals surface area contributed by atoms with Crippen molar-refractivity contribution in [3.8, 4) is 0 Å². The van der Waals surface area contributed by atoms with Gasteiger partial charge in [-0.25, -0.2) is 9.37 Å². The average Bonchev–Trinajstić information content (AvgIpc) is 3.04. The zero-order valence-corrected chi connectivity index (χ0v) is 16.4. The van der Waals surface area contributed by atoms with Crippen LogP contribution in [0.1, 0.15) is 35.6 Å². The molecule has 3 heterocycles. The lowest BCUT2D eigenvalue weighted by molar-refractivity contribution is 0.163. The Bertz CT molecular complexity index is 889. The van der Waals surface area contributed by atoms with Crippen LogP contribution in [0.15, 0.2) is 54.9 Å². The first-order valence-corrected chi connectivity index (χ1v) is 10.0. The predicted octanol–water partition coefficient (Wildman–Crippen LogP) is 4.23. The number of halogens is 1. The summed E-state index contributed by atoms with van der Waals surface area (Å²) in [6.45, 7) is 5.97. The van der Waals surface area contributed by atoms with Crippen LogP contribution in [0.4, 0.5) is 4.39 Å². The summed E-state index contributed by atoms with van der Waals surface area (Å²) in [6, 6.07) is 12.9. The third-order valence-corrected chi connectivity index (χ3v) is 5.58. The monoisotopic (exact) mass is 378 g/mol. The first-order valence-electron chi connectivity index (χ1n) is 10.0. The van der Waals surface area contributed by atoms with Crippen LogP contribution in [0.5, 0.6) is 0 Å². The van der Waals surface area contributed by atoms with E-state index < -0.39 is 0 Å². The number of imidazole rings is 1. The van der Waals surface area contributed by atoms with Gasteiger partial charge in [0.05, 0.1) is 5.69 Å². The Morgan fingerprint density at radius 1 is 1.07 bits per heavy atom. The molecule has 1 aromatic carbocycles. The van der Waals surface area contributed by atoms with Gasteiger partial charge in [-0.15, -0.1) is 0 Å². The van der Waals surface area contributed by atoms with Crippen molar-refractivity contribution < 1.29 is 4.39 Å². The molecule has 0 amide bonds. The molecule has 146 valence electrons. The average molecular weight is 378 g/mol. The van der Waals surface area contributed by atoms with Crippen LogP contribution in [0.25, 0.3) is 0 Å². The van der Waals surface area contributed by atoms with Gasteiger partial charge < -0.3 is 4.57 Å². The van der Waals surface area contributed by atoms with E-state index in [9.17, 15) is 4.39 Å². The zero-order valence-electron chi connectivity index (χ0n) is 16.4. The molecule has 5 heteroatoms. The maximum atomic E-state index is 13.2. The normalized spacial score (nSPS) is 17.7. The van der Waals surface area contributed by atoms with Gasteiger partial charge in [0, 0.05) is 44.1 Å². The Labute approximate surface area is 166 Å². The highest BCUT2D eigenvalue weighted by molar-refractivity contribution is 5.18. The molecule has 1 atom stereocenters. The number of pyridine rings is 1. The van der Waals surface area contributed by atoms with E-state index >= 15 is 0 Å². The molecule has 0 radical (unpaired) electrons. The fourth-order valence-corrected chi connectivity index (χ4v) is 4.10. The highest BCUT2D eigenvalue weighted by atomic mass is 19.1. The predicted molar refractivity (Wildman–Crippen MR) is 108 cm³/mol. The summed E-state index contributed by atoms with van der Waals surface area (Å²) >= 11 is 0. The summed E-state index contributed by atoms with van der Waals surface area (Å²) < 4.78 is 15.5. The summed E-state index contributed by atoms with van der Waals surface area (Å²) in [5, 5.41) is 0. The van der Waals surface area contributed by atoms with E-state index in [2.05, 4.69) is 33.5 Å². The summed E-state index contributed by atoms with van der Waals surface area (Å²) in [6.07, 6.45) is 7.25. The van der Waals surface area contributed by atoms with Crippen LogP contribution in [0, 0.1) is 18.7 Å². The highest BCUT2D eigenvalue weighted by Crippen LogP contribution is 2.22. The molecule has 1 aliphatic rings. The number of nitrogens with zero attached hydrogens (tertiary/aromatic N) is 4. The highest BCUT2D eigenvalue weighted by Gasteiger charge is 2.22. The lowest BCUT2D eigenvalue weighted by Gasteiger charge is -2.32. The van der Waals surface area contributed by atoms with Crippen LogP contribution < -0.4 is 0 Å². The van der Waals surface area contributed by atoms with Gasteiger partial charge in [0.15, 0.2) is 0 Å². The first-order chi connectivity index (χ1) is 13.7. The topological polar surface area (TPSA) is 34.0 Å². The van der Waals surface area contributed by atoms with E-state index in [0.717, 1.165) is 55.4 Å². The van der Waals surface area contributed by atoms with Crippen molar-refractivity contribution >= 4 is 0 Å². The van der Waals surface area contributed by atoms with E-state index in [1.807, 2.05) is 30.6 Å². The summed E-state index contributed by atoms with van der Waals surface area (Å²) in [4.78, 5) is 11.7. The van der Waals surface area contributed by atoms with E-state index in [1.54, 1.807) is 0 Å². The maximum absolute atomic E-state index is 13.2. The minimum absolute atomic E-state index is 0.193. The Morgan fingerprint density at radius 3 is 2.71 bits per heavy atom. The number of hydrogen-bond donors (Lipinski definition) is 0. The number of piperidine rings is 1. The van der Waals surface area contributed by atoms with Crippen LogP contribution in [0.3, 0.4) is 0 Å². The molecule has 4 rings (SSSR count). The second kappa shape index (κ2) is 8.65. The van der Waals surface area contributed by atoms with Gasteiger partial charge in [-0.1, -0.05) is 18.2 Å². The van der Waals surface area contributed by atoms with E-state index in [4.69, 9.17) is 4.98 Å². The van der Waals surface area contributed by atoms with E-state index in [-0.39, 0.29) is 5.82 Å². The van der Waals surface area contributed by atoms with Crippen LogP contribution in [0.2, 0.25) is 0 Å². The van der Waals surface area contributed by atoms with Gasteiger partial charge in [0.2, 0.25) is 0 Å². The zero-order chi connectivity index (χ0) is 19.3. The molecule has 2 aromatic heterocycles. The largest absolute Gasteiger partial charge is 0.328 e. The molecular formula is C23H27FN4. The van der Waals surface area contributed by atoms with Crippen molar-refractivity contribution in [1.29, 1.82) is 0 Å². The number of aryl methyl sites for hydroxylation is 1. The van der Waals surface area contributed by atoms with Gasteiger partial charge in [-0.05, 0) is 62.1 Å². The Balaban J connectivity index is 1.41. The number of rotatable bonds is 6. The molecule has 28 heavy (non-hydrogen) atoms. The van der Waals surface area contributed by atoms with Crippen LogP contribution in [-0.4, -0.2) is 32.5 Å². The number of aromatic nitrogens is 3. The SMILES string of the molecule is Cc1cnc(CC2CCCN(Cc3ccccn3)C2)n1Cc1ccc(F)cc1. The lowest BCUT2D eigenvalue weighted by atomic mass is 9.94. The van der Waals surface area contributed by atoms with Crippen molar-refractivity contribution in [2.45, 2.75) is 39.3 Å². The van der Waals surface area contributed by atoms with Gasteiger partial charge in [0.1, 0.15) is 11.6 Å². The number of likely N-dealkylation sites (tertiary alicyclic amines) is 1. The second-order valence-corrected chi connectivity index (χ2v) is 7.80. The summed E-state index contributed by atoms with van der Waals surface area (Å²) in [5.41, 5.74) is 3.39.